The normalized spacial score (nSPS) is 4.80. The molecule has 0 aromatic heterocycles. The van der Waals surface area contributed by atoms with Crippen molar-refractivity contribution >= 4 is 22.2 Å². The number of hydrogen-bond donors (Lipinski definition) is 3. The number of hydrogen-bond acceptors (Lipinski definition) is 3. The fourth-order valence-corrected chi connectivity index (χ4v) is 0. The Kier molecular flexibility index (Phi) is 35.9. The van der Waals surface area contributed by atoms with E-state index in [-0.39, 0.29) is 28.8 Å². The van der Waals surface area contributed by atoms with Crippen molar-refractivity contribution in [1.29, 1.82) is 0 Å². The van der Waals surface area contributed by atoms with Gasteiger partial charge in [0.2, 0.25) is 6.16 Å². The average Bonchev–Trinajstić information content (AvgIpc) is 1.25. The van der Waals surface area contributed by atoms with Crippen LogP contribution in [0.2, 0.25) is 0 Å². The van der Waals surface area contributed by atoms with Gasteiger partial charge < -0.3 is 25.2 Å². The summed E-state index contributed by atoms with van der Waals surface area (Å²) in [6.45, 7) is 0. The molecular formula is C2H6LiO6P. The smallest absolute Gasteiger partial charge is 0.565 e. The van der Waals surface area contributed by atoms with Crippen molar-refractivity contribution in [3.63, 3.8) is 0 Å². The first-order valence-corrected chi connectivity index (χ1v) is 1.28. The third-order valence-electron chi connectivity index (χ3n) is 0. The first kappa shape index (κ1) is 22.7. The molecule has 56 valence electrons. The van der Waals surface area contributed by atoms with Crippen LogP contribution < -0.4 is 24.0 Å². The quantitative estimate of drug-likeness (QED) is 0.249. The minimum absolute atomic E-state index is 0. The molecule has 10 heavy (non-hydrogen) atoms. The standard InChI is InChI=1S/2CH2O3.Li.H3P/c2*2-1(3)4;;/h2*(H2,2,3,4);;1H3/q;;+1;/p-1. The third kappa shape index (κ3) is 1740. The van der Waals surface area contributed by atoms with Gasteiger partial charge in [0.1, 0.15) is 0 Å². The molecule has 0 saturated heterocycles. The maximum Gasteiger partial charge on any atom is 1.00 e. The minimum atomic E-state index is -2.08. The van der Waals surface area contributed by atoms with E-state index in [4.69, 9.17) is 30.0 Å². The van der Waals surface area contributed by atoms with E-state index in [1.165, 1.54) is 0 Å². The minimum Gasteiger partial charge on any atom is -0.565 e. The Labute approximate surface area is 71.7 Å². The summed E-state index contributed by atoms with van der Waals surface area (Å²) in [7, 11) is 0. The van der Waals surface area contributed by atoms with Crippen molar-refractivity contribution in [2.24, 2.45) is 0 Å². The van der Waals surface area contributed by atoms with Gasteiger partial charge in [-0.05, 0) is 0 Å². The van der Waals surface area contributed by atoms with E-state index in [0.717, 1.165) is 0 Å². The summed E-state index contributed by atoms with van der Waals surface area (Å²) in [4.78, 5) is 17.0. The van der Waals surface area contributed by atoms with E-state index in [1.54, 1.807) is 0 Å². The Morgan fingerprint density at radius 1 is 1.10 bits per heavy atom. The monoisotopic (exact) mass is 164 g/mol. The van der Waals surface area contributed by atoms with Crippen LogP contribution in [0.4, 0.5) is 9.59 Å². The van der Waals surface area contributed by atoms with Gasteiger partial charge in [-0.1, -0.05) is 0 Å². The van der Waals surface area contributed by atoms with Crippen LogP contribution >= 0.6 is 9.90 Å². The predicted molar refractivity (Wildman–Crippen MR) is 29.8 cm³/mol. The molecule has 0 aromatic rings. The summed E-state index contributed by atoms with van der Waals surface area (Å²) in [5.74, 6) is 0. The molecule has 1 unspecified atom stereocenters. The Balaban J connectivity index is -0.0000000300. The van der Waals surface area contributed by atoms with Crippen molar-refractivity contribution in [2.75, 3.05) is 0 Å². The molecule has 0 saturated carbocycles. The molecule has 0 aliphatic rings. The van der Waals surface area contributed by atoms with Crippen LogP contribution in [-0.2, 0) is 0 Å². The zero-order valence-corrected chi connectivity index (χ0v) is 6.69. The Morgan fingerprint density at radius 3 is 1.10 bits per heavy atom. The first-order valence-electron chi connectivity index (χ1n) is 1.28. The summed E-state index contributed by atoms with van der Waals surface area (Å²) in [5.41, 5.74) is 0. The summed E-state index contributed by atoms with van der Waals surface area (Å²) in [6.07, 6.45) is -3.92. The van der Waals surface area contributed by atoms with Crippen molar-refractivity contribution in [3.05, 3.63) is 0 Å². The molecule has 0 bridgehead atoms. The van der Waals surface area contributed by atoms with Crippen LogP contribution in [0.5, 0.6) is 0 Å². The zero-order chi connectivity index (χ0) is 7.15. The van der Waals surface area contributed by atoms with Gasteiger partial charge >= 0.3 is 25.0 Å². The van der Waals surface area contributed by atoms with Crippen molar-refractivity contribution < 1.29 is 48.9 Å². The van der Waals surface area contributed by atoms with E-state index >= 15 is 0 Å². The molecule has 8 heteroatoms. The van der Waals surface area contributed by atoms with Gasteiger partial charge in [0, 0.05) is 0 Å². The number of carboxylic acid groups (broad SMARTS) is 4. The molecule has 0 radical (unpaired) electrons. The Morgan fingerprint density at radius 2 is 1.10 bits per heavy atom. The van der Waals surface area contributed by atoms with Crippen molar-refractivity contribution in [1.82, 2.24) is 0 Å². The third-order valence-corrected chi connectivity index (χ3v) is 0. The van der Waals surface area contributed by atoms with Crippen LogP contribution in [-0.4, -0.2) is 27.6 Å². The van der Waals surface area contributed by atoms with E-state index < -0.39 is 12.3 Å². The second kappa shape index (κ2) is 15.8. The molecule has 6 nitrogen and oxygen atoms in total. The van der Waals surface area contributed by atoms with Gasteiger partial charge in [-0.2, -0.15) is 9.90 Å². The first-order chi connectivity index (χ1) is 3.46. The number of carbonyl (C=O) groups is 2. The van der Waals surface area contributed by atoms with Gasteiger partial charge in [-0.15, -0.1) is 0 Å². The molecule has 0 spiro atoms. The van der Waals surface area contributed by atoms with Crippen LogP contribution in [0.1, 0.15) is 0 Å². The molecule has 0 heterocycles. The molecule has 0 fully saturated rings. The van der Waals surface area contributed by atoms with Gasteiger partial charge in [0.25, 0.3) is 0 Å². The second-order valence-electron chi connectivity index (χ2n) is 0.548. The van der Waals surface area contributed by atoms with E-state index in [1.807, 2.05) is 0 Å². The van der Waals surface area contributed by atoms with E-state index in [0.29, 0.717) is 0 Å². The summed E-state index contributed by atoms with van der Waals surface area (Å²) < 4.78 is 0. The zero-order valence-electron chi connectivity index (χ0n) is 5.27. The van der Waals surface area contributed by atoms with E-state index in [9.17, 15) is 0 Å². The molecular weight excluding hydrogens is 158 g/mol. The van der Waals surface area contributed by atoms with Crippen LogP contribution in [0, 0.1) is 0 Å². The molecule has 0 amide bonds. The van der Waals surface area contributed by atoms with Gasteiger partial charge in [-0.25, -0.2) is 4.79 Å². The molecule has 3 N–H and O–H groups in total. The topological polar surface area (TPSA) is 118 Å². The average molecular weight is 164 g/mol. The summed E-state index contributed by atoms with van der Waals surface area (Å²) in [5, 5.41) is 29.2. The molecule has 0 aliphatic heterocycles. The van der Waals surface area contributed by atoms with Crippen LogP contribution in [0.25, 0.3) is 0 Å². The maximum absolute atomic E-state index is 8.56. The van der Waals surface area contributed by atoms with Gasteiger partial charge in [-0.3, -0.25) is 0 Å². The number of rotatable bonds is 0. The Bertz CT molecular complexity index is 73.7. The Hall–Kier alpha value is -0.433. The molecule has 1 atom stereocenters. The summed E-state index contributed by atoms with van der Waals surface area (Å²) in [6, 6.07) is 0. The molecule has 0 aliphatic carbocycles. The predicted octanol–water partition coefficient (Wildman–Crippen LogP) is -3.83. The van der Waals surface area contributed by atoms with Crippen molar-refractivity contribution in [3.8, 4) is 0 Å². The van der Waals surface area contributed by atoms with Crippen LogP contribution in [0.3, 0.4) is 0 Å². The second-order valence-corrected chi connectivity index (χ2v) is 0.548. The largest absolute Gasteiger partial charge is 1.00 e. The fourth-order valence-electron chi connectivity index (χ4n) is 0. The SMILES string of the molecule is O=C(O)O.O=C([O-])O.P.[Li+]. The molecule has 0 rings (SSSR count). The van der Waals surface area contributed by atoms with Gasteiger partial charge in [0.05, 0.1) is 0 Å². The maximum atomic E-state index is 8.56. The van der Waals surface area contributed by atoms with Crippen LogP contribution in [0.15, 0.2) is 0 Å². The van der Waals surface area contributed by atoms with Gasteiger partial charge in [0.15, 0.2) is 0 Å². The summed E-state index contributed by atoms with van der Waals surface area (Å²) >= 11 is 0. The van der Waals surface area contributed by atoms with E-state index in [2.05, 4.69) is 0 Å². The fraction of sp³-hybridized carbons (Fsp3) is 0. The molecule has 0 aromatic carbocycles. The van der Waals surface area contributed by atoms with Crippen molar-refractivity contribution in [2.45, 2.75) is 0 Å².